The van der Waals surface area contributed by atoms with E-state index in [-0.39, 0.29) is 0 Å². The van der Waals surface area contributed by atoms with Crippen molar-refractivity contribution >= 4 is 0 Å². The van der Waals surface area contributed by atoms with E-state index < -0.39 is 0 Å². The first-order valence-corrected chi connectivity index (χ1v) is 8.05. The van der Waals surface area contributed by atoms with Crippen LogP contribution in [0.4, 0.5) is 0 Å². The van der Waals surface area contributed by atoms with Gasteiger partial charge >= 0.3 is 0 Å². The summed E-state index contributed by atoms with van der Waals surface area (Å²) in [6, 6.07) is 12.6. The molecule has 5 heteroatoms. The highest BCUT2D eigenvalue weighted by molar-refractivity contribution is 5.29. The van der Waals surface area contributed by atoms with Crippen molar-refractivity contribution in [3.8, 4) is 5.75 Å². The largest absolute Gasteiger partial charge is 0.497 e. The van der Waals surface area contributed by atoms with Gasteiger partial charge in [0.25, 0.3) is 0 Å². The molecule has 1 unspecified atom stereocenters. The van der Waals surface area contributed by atoms with E-state index in [0.717, 1.165) is 50.9 Å². The number of hydrogen-bond donors (Lipinski definition) is 1. The van der Waals surface area contributed by atoms with Crippen molar-refractivity contribution < 1.29 is 13.9 Å². The molecule has 1 aliphatic rings. The Hall–Kier alpha value is -1.82. The maximum atomic E-state index is 5.49. The van der Waals surface area contributed by atoms with Gasteiger partial charge in [-0.3, -0.25) is 4.90 Å². The van der Waals surface area contributed by atoms with E-state index in [1.54, 1.807) is 13.4 Å². The average molecular weight is 316 g/mol. The molecule has 1 N–H and O–H groups in total. The molecule has 0 spiro atoms. The molecule has 3 rings (SSSR count). The number of furan rings is 1. The Balaban J connectivity index is 1.66. The fraction of sp³-hybridized carbons (Fsp3) is 0.444. The third-order valence-corrected chi connectivity index (χ3v) is 4.20. The number of hydrogen-bond acceptors (Lipinski definition) is 5. The van der Waals surface area contributed by atoms with Crippen molar-refractivity contribution in [3.63, 3.8) is 0 Å². The lowest BCUT2D eigenvalue weighted by Gasteiger charge is -2.35. The van der Waals surface area contributed by atoms with Crippen LogP contribution in [0, 0.1) is 0 Å². The number of morpholine rings is 1. The molecular formula is C18H24N2O3. The molecule has 1 fully saturated rings. The molecule has 2 aromatic rings. The Bertz CT molecular complexity index is 562. The van der Waals surface area contributed by atoms with Crippen LogP contribution in [0.5, 0.6) is 5.75 Å². The van der Waals surface area contributed by atoms with Gasteiger partial charge < -0.3 is 19.2 Å². The van der Waals surface area contributed by atoms with E-state index in [9.17, 15) is 0 Å². The van der Waals surface area contributed by atoms with E-state index in [4.69, 9.17) is 13.9 Å². The third-order valence-electron chi connectivity index (χ3n) is 4.20. The van der Waals surface area contributed by atoms with Crippen LogP contribution in [0.1, 0.15) is 17.4 Å². The summed E-state index contributed by atoms with van der Waals surface area (Å²) in [7, 11) is 1.69. The smallest absolute Gasteiger partial charge is 0.118 e. The molecule has 0 aliphatic carbocycles. The van der Waals surface area contributed by atoms with E-state index >= 15 is 0 Å². The SMILES string of the molecule is COc1ccc(C(CNCc2ccco2)N2CCOCC2)cc1. The van der Waals surface area contributed by atoms with E-state index in [0.29, 0.717) is 6.04 Å². The van der Waals surface area contributed by atoms with Crippen molar-refractivity contribution in [1.82, 2.24) is 10.2 Å². The summed E-state index contributed by atoms with van der Waals surface area (Å²) in [5, 5.41) is 3.50. The minimum Gasteiger partial charge on any atom is -0.497 e. The lowest BCUT2D eigenvalue weighted by Crippen LogP contribution is -2.42. The molecule has 1 aliphatic heterocycles. The predicted molar refractivity (Wildman–Crippen MR) is 88.5 cm³/mol. The summed E-state index contributed by atoms with van der Waals surface area (Å²) in [4.78, 5) is 2.47. The van der Waals surface area contributed by atoms with Crippen molar-refractivity contribution in [2.75, 3.05) is 40.0 Å². The minimum absolute atomic E-state index is 0.319. The maximum Gasteiger partial charge on any atom is 0.118 e. The molecule has 0 amide bonds. The molecule has 0 saturated carbocycles. The number of methoxy groups -OCH3 is 1. The Morgan fingerprint density at radius 1 is 1.17 bits per heavy atom. The van der Waals surface area contributed by atoms with Gasteiger partial charge in [0.2, 0.25) is 0 Å². The number of ether oxygens (including phenoxy) is 2. The predicted octanol–water partition coefficient (Wildman–Crippen LogP) is 2.45. The highest BCUT2D eigenvalue weighted by Crippen LogP contribution is 2.23. The monoisotopic (exact) mass is 316 g/mol. The molecule has 1 aromatic carbocycles. The zero-order chi connectivity index (χ0) is 15.9. The van der Waals surface area contributed by atoms with Gasteiger partial charge in [0.1, 0.15) is 11.5 Å². The summed E-state index contributed by atoms with van der Waals surface area (Å²) in [6.07, 6.45) is 1.71. The van der Waals surface area contributed by atoms with Gasteiger partial charge in [-0.1, -0.05) is 12.1 Å². The Kier molecular flexibility index (Phi) is 5.69. The van der Waals surface area contributed by atoms with Crippen molar-refractivity contribution in [1.29, 1.82) is 0 Å². The van der Waals surface area contributed by atoms with Gasteiger partial charge in [-0.25, -0.2) is 0 Å². The van der Waals surface area contributed by atoms with Crippen LogP contribution in [0.3, 0.4) is 0 Å². The van der Waals surface area contributed by atoms with Crippen molar-refractivity contribution in [2.24, 2.45) is 0 Å². The van der Waals surface area contributed by atoms with Crippen molar-refractivity contribution in [3.05, 3.63) is 54.0 Å². The summed E-state index contributed by atoms with van der Waals surface area (Å²) < 4.78 is 16.1. The van der Waals surface area contributed by atoms with Crippen LogP contribution in [0.15, 0.2) is 47.1 Å². The third kappa shape index (κ3) is 4.34. The van der Waals surface area contributed by atoms with Crippen molar-refractivity contribution in [2.45, 2.75) is 12.6 Å². The Morgan fingerprint density at radius 2 is 1.96 bits per heavy atom. The highest BCUT2D eigenvalue weighted by Gasteiger charge is 2.22. The number of nitrogens with one attached hydrogen (secondary N) is 1. The second-order valence-corrected chi connectivity index (χ2v) is 5.65. The second kappa shape index (κ2) is 8.15. The van der Waals surface area contributed by atoms with Crippen LogP contribution in [0.2, 0.25) is 0 Å². The first kappa shape index (κ1) is 16.1. The summed E-state index contributed by atoms with van der Waals surface area (Å²) in [5.74, 6) is 1.85. The van der Waals surface area contributed by atoms with Gasteiger partial charge in [-0.15, -0.1) is 0 Å². The van der Waals surface area contributed by atoms with E-state index in [1.807, 2.05) is 24.3 Å². The van der Waals surface area contributed by atoms with Crippen LogP contribution >= 0.6 is 0 Å². The topological polar surface area (TPSA) is 46.9 Å². The first-order valence-electron chi connectivity index (χ1n) is 8.05. The van der Waals surface area contributed by atoms with Crippen LogP contribution < -0.4 is 10.1 Å². The molecule has 1 saturated heterocycles. The lowest BCUT2D eigenvalue weighted by molar-refractivity contribution is 0.0160. The molecule has 1 aromatic heterocycles. The molecule has 5 nitrogen and oxygen atoms in total. The maximum absolute atomic E-state index is 5.49. The normalized spacial score (nSPS) is 17.1. The molecule has 1 atom stereocenters. The molecular weight excluding hydrogens is 292 g/mol. The van der Waals surface area contributed by atoms with Crippen LogP contribution in [-0.2, 0) is 11.3 Å². The molecule has 23 heavy (non-hydrogen) atoms. The van der Waals surface area contributed by atoms with Crippen LogP contribution in [-0.4, -0.2) is 44.9 Å². The van der Waals surface area contributed by atoms with Gasteiger partial charge in [0, 0.05) is 25.7 Å². The van der Waals surface area contributed by atoms with Crippen LogP contribution in [0.25, 0.3) is 0 Å². The molecule has 0 bridgehead atoms. The zero-order valence-electron chi connectivity index (χ0n) is 13.5. The summed E-state index contributed by atoms with van der Waals surface area (Å²) >= 11 is 0. The quantitative estimate of drug-likeness (QED) is 0.850. The molecule has 2 heterocycles. The highest BCUT2D eigenvalue weighted by atomic mass is 16.5. The fourth-order valence-electron chi connectivity index (χ4n) is 2.92. The van der Waals surface area contributed by atoms with E-state index in [1.165, 1.54) is 5.56 Å². The number of rotatable bonds is 7. The summed E-state index contributed by atoms with van der Waals surface area (Å²) in [6.45, 7) is 5.12. The lowest BCUT2D eigenvalue weighted by atomic mass is 10.0. The molecule has 0 radical (unpaired) electrons. The van der Waals surface area contributed by atoms with Gasteiger partial charge in [0.05, 0.1) is 33.1 Å². The molecule has 124 valence electrons. The average Bonchev–Trinajstić information content (AvgIpc) is 3.13. The Labute approximate surface area is 137 Å². The van der Waals surface area contributed by atoms with Gasteiger partial charge in [-0.2, -0.15) is 0 Å². The zero-order valence-corrected chi connectivity index (χ0v) is 13.5. The number of benzene rings is 1. The van der Waals surface area contributed by atoms with E-state index in [2.05, 4.69) is 22.3 Å². The van der Waals surface area contributed by atoms with Gasteiger partial charge in [-0.05, 0) is 29.8 Å². The number of nitrogens with zero attached hydrogens (tertiary/aromatic N) is 1. The minimum atomic E-state index is 0.319. The second-order valence-electron chi connectivity index (χ2n) is 5.65. The Morgan fingerprint density at radius 3 is 2.61 bits per heavy atom. The first-order chi connectivity index (χ1) is 11.4. The fourth-order valence-corrected chi connectivity index (χ4v) is 2.92. The summed E-state index contributed by atoms with van der Waals surface area (Å²) in [5.41, 5.74) is 1.29. The van der Waals surface area contributed by atoms with Gasteiger partial charge in [0.15, 0.2) is 0 Å². The standard InChI is InChI=1S/C18H24N2O3/c1-21-16-6-4-15(5-7-16)18(20-8-11-22-12-9-20)14-19-13-17-3-2-10-23-17/h2-7,10,18-19H,8-9,11-14H2,1H3.